The van der Waals surface area contributed by atoms with E-state index in [9.17, 15) is 5.11 Å². The second kappa shape index (κ2) is 4.21. The summed E-state index contributed by atoms with van der Waals surface area (Å²) >= 11 is 0. The molecule has 1 unspecified atom stereocenters. The van der Waals surface area contributed by atoms with Gasteiger partial charge in [-0.1, -0.05) is 0 Å². The Balaban J connectivity index is 1.45. The monoisotopic (exact) mass is 249 g/mol. The number of hydrogen-bond acceptors (Lipinski definition) is 2. The molecule has 2 nitrogen and oxygen atoms in total. The molecule has 102 valence electrons. The number of rotatable bonds is 3. The number of likely N-dealkylation sites (tertiary alicyclic amines) is 1. The van der Waals surface area contributed by atoms with Crippen molar-refractivity contribution in [1.29, 1.82) is 0 Å². The summed E-state index contributed by atoms with van der Waals surface area (Å²) in [4.78, 5) is 2.67. The second-order valence-electron chi connectivity index (χ2n) is 7.99. The Hall–Kier alpha value is -0.0800. The predicted molar refractivity (Wildman–Crippen MR) is 72.2 cm³/mol. The maximum Gasteiger partial charge on any atom is 0.0471 e. The van der Waals surface area contributed by atoms with Gasteiger partial charge in [0.15, 0.2) is 0 Å². The first kappa shape index (κ1) is 11.7. The van der Waals surface area contributed by atoms with Gasteiger partial charge in [0, 0.05) is 19.7 Å². The molecule has 4 saturated carbocycles. The van der Waals surface area contributed by atoms with E-state index < -0.39 is 0 Å². The Kier molecular flexibility index (Phi) is 2.74. The van der Waals surface area contributed by atoms with Crippen LogP contribution in [-0.4, -0.2) is 36.2 Å². The van der Waals surface area contributed by atoms with Crippen LogP contribution in [-0.2, 0) is 0 Å². The van der Waals surface area contributed by atoms with Crippen LogP contribution in [0.4, 0.5) is 0 Å². The van der Waals surface area contributed by atoms with Crippen molar-refractivity contribution in [3.8, 4) is 0 Å². The normalized spacial score (nSPS) is 51.2. The molecule has 0 radical (unpaired) electrons. The van der Waals surface area contributed by atoms with E-state index in [2.05, 4.69) is 4.90 Å². The number of aliphatic hydroxyl groups excluding tert-OH is 1. The zero-order valence-electron chi connectivity index (χ0n) is 11.5. The maximum absolute atomic E-state index is 9.29. The van der Waals surface area contributed by atoms with Crippen LogP contribution in [0, 0.1) is 29.1 Å². The van der Waals surface area contributed by atoms with Crippen LogP contribution >= 0.6 is 0 Å². The zero-order valence-corrected chi connectivity index (χ0v) is 11.5. The van der Waals surface area contributed by atoms with Crippen LogP contribution in [0.25, 0.3) is 0 Å². The fourth-order valence-corrected chi connectivity index (χ4v) is 6.16. The van der Waals surface area contributed by atoms with E-state index in [4.69, 9.17) is 0 Å². The Morgan fingerprint density at radius 3 is 2.11 bits per heavy atom. The molecule has 4 bridgehead atoms. The molecule has 2 heteroatoms. The van der Waals surface area contributed by atoms with Crippen LogP contribution in [0.1, 0.15) is 44.9 Å². The standard InChI is InChI=1S/C16H27NO/c18-10-12-1-2-17(9-12)11-16-6-13-3-14(7-16)5-15(4-13)8-16/h12-15,18H,1-11H2. The third-order valence-electron chi connectivity index (χ3n) is 6.35. The summed E-state index contributed by atoms with van der Waals surface area (Å²) in [6.07, 6.45) is 10.5. The minimum atomic E-state index is 0.400. The van der Waals surface area contributed by atoms with Crippen molar-refractivity contribution >= 4 is 0 Å². The van der Waals surface area contributed by atoms with Crippen molar-refractivity contribution in [3.05, 3.63) is 0 Å². The van der Waals surface area contributed by atoms with Crippen molar-refractivity contribution in [1.82, 2.24) is 4.90 Å². The first-order valence-corrected chi connectivity index (χ1v) is 8.08. The largest absolute Gasteiger partial charge is 0.396 e. The molecule has 1 N–H and O–H groups in total. The summed E-state index contributed by atoms with van der Waals surface area (Å²) in [5, 5.41) is 9.29. The Labute approximate surface area is 111 Å². The molecule has 18 heavy (non-hydrogen) atoms. The molecular formula is C16H27NO. The third-order valence-corrected chi connectivity index (χ3v) is 6.35. The Morgan fingerprint density at radius 2 is 1.61 bits per heavy atom. The number of aliphatic hydroxyl groups is 1. The van der Waals surface area contributed by atoms with Crippen molar-refractivity contribution in [2.45, 2.75) is 44.9 Å². The van der Waals surface area contributed by atoms with E-state index >= 15 is 0 Å². The van der Waals surface area contributed by atoms with Crippen molar-refractivity contribution in [3.63, 3.8) is 0 Å². The van der Waals surface area contributed by atoms with Crippen molar-refractivity contribution in [2.75, 3.05) is 26.2 Å². The van der Waals surface area contributed by atoms with Gasteiger partial charge >= 0.3 is 0 Å². The van der Waals surface area contributed by atoms with Gasteiger partial charge in [0.1, 0.15) is 0 Å². The molecule has 1 atom stereocenters. The van der Waals surface area contributed by atoms with Gasteiger partial charge in [-0.25, -0.2) is 0 Å². The molecule has 4 aliphatic carbocycles. The van der Waals surface area contributed by atoms with Crippen LogP contribution in [0.3, 0.4) is 0 Å². The lowest BCUT2D eigenvalue weighted by Gasteiger charge is -2.57. The van der Waals surface area contributed by atoms with Gasteiger partial charge in [-0.05, 0) is 80.6 Å². The number of hydrogen-bond donors (Lipinski definition) is 1. The third kappa shape index (κ3) is 1.92. The minimum absolute atomic E-state index is 0.400. The van der Waals surface area contributed by atoms with Crippen LogP contribution < -0.4 is 0 Å². The first-order chi connectivity index (χ1) is 8.75. The molecule has 0 aromatic heterocycles. The summed E-state index contributed by atoms with van der Waals surface area (Å²) in [6, 6.07) is 0. The molecular weight excluding hydrogens is 222 g/mol. The topological polar surface area (TPSA) is 23.5 Å². The summed E-state index contributed by atoms with van der Waals surface area (Å²) in [6.45, 7) is 4.16. The molecule has 1 saturated heterocycles. The molecule has 0 spiro atoms. The van der Waals surface area contributed by atoms with Crippen molar-refractivity contribution in [2.24, 2.45) is 29.1 Å². The molecule has 5 aliphatic rings. The van der Waals surface area contributed by atoms with Gasteiger partial charge in [-0.15, -0.1) is 0 Å². The van der Waals surface area contributed by atoms with E-state index in [1.165, 1.54) is 38.8 Å². The van der Waals surface area contributed by atoms with Crippen LogP contribution in [0.5, 0.6) is 0 Å². The SMILES string of the molecule is OCC1CCN(CC23CC4CC(CC(C4)C2)C3)C1. The number of nitrogens with zero attached hydrogens (tertiary/aromatic N) is 1. The van der Waals surface area contributed by atoms with Gasteiger partial charge in [-0.2, -0.15) is 0 Å². The van der Waals surface area contributed by atoms with E-state index in [1.54, 1.807) is 19.3 Å². The van der Waals surface area contributed by atoms with Gasteiger partial charge < -0.3 is 10.0 Å². The van der Waals surface area contributed by atoms with E-state index in [0.717, 1.165) is 24.3 Å². The molecule has 0 aromatic rings. The Morgan fingerprint density at radius 1 is 1.00 bits per heavy atom. The molecule has 5 fully saturated rings. The molecule has 1 heterocycles. The second-order valence-corrected chi connectivity index (χ2v) is 7.99. The summed E-state index contributed by atoms with van der Waals surface area (Å²) < 4.78 is 0. The van der Waals surface area contributed by atoms with Gasteiger partial charge in [0.2, 0.25) is 0 Å². The lowest BCUT2D eigenvalue weighted by atomic mass is 9.49. The van der Waals surface area contributed by atoms with Crippen LogP contribution in [0.15, 0.2) is 0 Å². The smallest absolute Gasteiger partial charge is 0.0471 e. The lowest BCUT2D eigenvalue weighted by molar-refractivity contribution is -0.0670. The van der Waals surface area contributed by atoms with E-state index in [0.29, 0.717) is 17.9 Å². The fourth-order valence-electron chi connectivity index (χ4n) is 6.16. The molecule has 5 rings (SSSR count). The van der Waals surface area contributed by atoms with Gasteiger partial charge in [0.25, 0.3) is 0 Å². The minimum Gasteiger partial charge on any atom is -0.396 e. The molecule has 0 aromatic carbocycles. The summed E-state index contributed by atoms with van der Waals surface area (Å²) in [5.41, 5.74) is 0.694. The van der Waals surface area contributed by atoms with Gasteiger partial charge in [-0.3, -0.25) is 0 Å². The summed E-state index contributed by atoms with van der Waals surface area (Å²) in [7, 11) is 0. The van der Waals surface area contributed by atoms with E-state index in [1.807, 2.05) is 0 Å². The quantitative estimate of drug-likeness (QED) is 0.831. The van der Waals surface area contributed by atoms with Gasteiger partial charge in [0.05, 0.1) is 0 Å². The Bertz CT molecular complexity index is 292. The highest BCUT2D eigenvalue weighted by Crippen LogP contribution is 2.60. The molecule has 1 aliphatic heterocycles. The highest BCUT2D eigenvalue weighted by Gasteiger charge is 2.51. The fraction of sp³-hybridized carbons (Fsp3) is 1.00. The zero-order chi connectivity index (χ0) is 12.2. The predicted octanol–water partition coefficient (Wildman–Crippen LogP) is 2.52. The molecule has 0 amide bonds. The van der Waals surface area contributed by atoms with Crippen molar-refractivity contribution < 1.29 is 5.11 Å². The highest BCUT2D eigenvalue weighted by molar-refractivity contribution is 5.03. The van der Waals surface area contributed by atoms with E-state index in [-0.39, 0.29) is 0 Å². The average molecular weight is 249 g/mol. The van der Waals surface area contributed by atoms with Crippen LogP contribution in [0.2, 0.25) is 0 Å². The summed E-state index contributed by atoms with van der Waals surface area (Å²) in [5.74, 6) is 3.80. The first-order valence-electron chi connectivity index (χ1n) is 8.08. The average Bonchev–Trinajstić information content (AvgIpc) is 2.74. The highest BCUT2D eigenvalue weighted by atomic mass is 16.3. The maximum atomic E-state index is 9.29. The lowest BCUT2D eigenvalue weighted by Crippen LogP contribution is -2.50.